The van der Waals surface area contributed by atoms with E-state index in [9.17, 15) is 23.3 Å². The van der Waals surface area contributed by atoms with Crippen molar-refractivity contribution in [2.75, 3.05) is 20.1 Å². The van der Waals surface area contributed by atoms with Crippen LogP contribution in [0.5, 0.6) is 0 Å². The third-order valence-corrected chi connectivity index (χ3v) is 9.19. The molecular formula is C22H27ClN4O6S. The van der Waals surface area contributed by atoms with Gasteiger partial charge in [-0.1, -0.05) is 23.7 Å². The molecule has 2 aliphatic heterocycles. The van der Waals surface area contributed by atoms with Gasteiger partial charge in [-0.2, -0.15) is 5.26 Å². The summed E-state index contributed by atoms with van der Waals surface area (Å²) in [5, 5.41) is 18.1. The minimum atomic E-state index is -3.86. The van der Waals surface area contributed by atoms with E-state index < -0.39 is 32.6 Å². The van der Waals surface area contributed by atoms with E-state index >= 15 is 0 Å². The van der Waals surface area contributed by atoms with Crippen LogP contribution < -0.4 is 5.32 Å². The Morgan fingerprint density at radius 1 is 1.29 bits per heavy atom. The average molecular weight is 511 g/mol. The van der Waals surface area contributed by atoms with Crippen LogP contribution in [0.25, 0.3) is 0 Å². The van der Waals surface area contributed by atoms with Crippen LogP contribution in [-0.2, 0) is 24.2 Å². The van der Waals surface area contributed by atoms with E-state index in [0.29, 0.717) is 19.3 Å². The van der Waals surface area contributed by atoms with Gasteiger partial charge >= 0.3 is 0 Å². The number of rotatable bonds is 5. The maximum absolute atomic E-state index is 13.3. The molecule has 2 N–H and O–H groups in total. The van der Waals surface area contributed by atoms with Crippen LogP contribution in [0.1, 0.15) is 32.1 Å². The van der Waals surface area contributed by atoms with Gasteiger partial charge in [0.05, 0.1) is 27.3 Å². The highest BCUT2D eigenvalue weighted by Gasteiger charge is 2.51. The van der Waals surface area contributed by atoms with Crippen LogP contribution in [0.15, 0.2) is 29.2 Å². The Morgan fingerprint density at radius 3 is 2.47 bits per heavy atom. The maximum atomic E-state index is 13.3. The zero-order valence-corrected chi connectivity index (χ0v) is 20.3. The zero-order valence-electron chi connectivity index (χ0n) is 18.7. The fourth-order valence-corrected chi connectivity index (χ4v) is 6.71. The Balaban J connectivity index is 0.00000103. The zero-order chi connectivity index (χ0) is 25.1. The van der Waals surface area contributed by atoms with Crippen molar-refractivity contribution in [1.29, 1.82) is 5.26 Å². The van der Waals surface area contributed by atoms with Gasteiger partial charge in [-0.15, -0.1) is 0 Å². The largest absolute Gasteiger partial charge is 0.483 e. The monoisotopic (exact) mass is 510 g/mol. The maximum Gasteiger partial charge on any atom is 0.290 e. The molecule has 3 aliphatic rings. The van der Waals surface area contributed by atoms with E-state index in [2.05, 4.69) is 11.4 Å². The van der Waals surface area contributed by atoms with Gasteiger partial charge in [-0.3, -0.25) is 19.3 Å². The number of carboxylic acid groups (broad SMARTS) is 1. The van der Waals surface area contributed by atoms with Gasteiger partial charge in [0.2, 0.25) is 11.8 Å². The Morgan fingerprint density at radius 2 is 1.94 bits per heavy atom. The smallest absolute Gasteiger partial charge is 0.290 e. The van der Waals surface area contributed by atoms with Gasteiger partial charge in [0, 0.05) is 6.54 Å². The van der Waals surface area contributed by atoms with Crippen molar-refractivity contribution in [2.45, 2.75) is 59.9 Å². The lowest BCUT2D eigenvalue weighted by Crippen LogP contribution is -2.53. The average Bonchev–Trinajstić information content (AvgIpc) is 3.20. The van der Waals surface area contributed by atoms with Crippen molar-refractivity contribution in [1.82, 2.24) is 15.1 Å². The van der Waals surface area contributed by atoms with Gasteiger partial charge < -0.3 is 15.3 Å². The number of nitrogens with one attached hydrogen (secondary N) is 1. The molecule has 3 atom stereocenters. The molecule has 2 heterocycles. The summed E-state index contributed by atoms with van der Waals surface area (Å²) in [4.78, 5) is 38.1. The number of likely N-dealkylation sites (tertiary alicyclic amines) is 2. The molecule has 1 saturated carbocycles. The molecule has 1 aromatic carbocycles. The van der Waals surface area contributed by atoms with Crippen LogP contribution in [0.2, 0.25) is 5.02 Å². The summed E-state index contributed by atoms with van der Waals surface area (Å²) >= 11 is 6.14. The van der Waals surface area contributed by atoms with Gasteiger partial charge in [0.15, 0.2) is 9.84 Å². The lowest BCUT2D eigenvalue weighted by atomic mass is 10.1. The molecule has 4 rings (SSSR count). The summed E-state index contributed by atoms with van der Waals surface area (Å²) in [7, 11) is -2.00. The molecule has 2 saturated heterocycles. The molecule has 1 aromatic rings. The third kappa shape index (κ3) is 5.19. The van der Waals surface area contributed by atoms with Crippen molar-refractivity contribution in [3.8, 4) is 6.07 Å². The first-order valence-electron chi connectivity index (χ1n) is 10.9. The second-order valence-electron chi connectivity index (χ2n) is 8.77. The molecule has 3 fully saturated rings. The summed E-state index contributed by atoms with van der Waals surface area (Å²) in [6.07, 6.45) is 2.63. The highest BCUT2D eigenvalue weighted by molar-refractivity contribution is 7.92. The minimum Gasteiger partial charge on any atom is -0.483 e. The molecule has 10 nitrogen and oxygen atoms in total. The Kier molecular flexibility index (Phi) is 7.85. The van der Waals surface area contributed by atoms with E-state index in [1.54, 1.807) is 12.1 Å². The lowest BCUT2D eigenvalue weighted by molar-refractivity contribution is -0.141. The fourth-order valence-electron chi connectivity index (χ4n) is 4.49. The van der Waals surface area contributed by atoms with Crippen LogP contribution in [0.3, 0.4) is 0 Å². The Labute approximate surface area is 203 Å². The SMILES string of the molecule is CN1CCC[C@H]1C(=O)N1C[C@H](S(=O)(=O)c2ccccc2Cl)C[C@H]1C(=O)NC1(C#N)CC1.O=CO. The number of carbonyl (C=O) groups is 3. The summed E-state index contributed by atoms with van der Waals surface area (Å²) in [6, 6.07) is 6.99. The Bertz CT molecular complexity index is 1100. The molecule has 2 amide bonds. The predicted octanol–water partition coefficient (Wildman–Crippen LogP) is 1.05. The molecule has 0 aromatic heterocycles. The second kappa shape index (κ2) is 10.3. The topological polar surface area (TPSA) is 148 Å². The standard InChI is InChI=1S/C21H25ClN4O4S.CH2O2/c1-25-10-4-6-16(25)20(28)26-12-14(31(29,30)18-7-3-2-5-15(18)22)11-17(26)19(27)24-21(13-23)8-9-21;2-1-3/h2-3,5,7,14,16-17H,4,6,8-12H2,1H3,(H,24,27);1H,(H,2,3)/t14-,16+,17+;/m1./s1. The molecule has 1 aliphatic carbocycles. The molecule has 184 valence electrons. The number of nitrogens with zero attached hydrogens (tertiary/aromatic N) is 3. The number of nitriles is 1. The van der Waals surface area contributed by atoms with E-state index in [4.69, 9.17) is 21.5 Å². The Hall–Kier alpha value is -2.68. The summed E-state index contributed by atoms with van der Waals surface area (Å²) in [6.45, 7) is 0.453. The first-order chi connectivity index (χ1) is 16.1. The van der Waals surface area contributed by atoms with Crippen LogP contribution >= 0.6 is 11.6 Å². The summed E-state index contributed by atoms with van der Waals surface area (Å²) in [5.74, 6) is -0.705. The number of halogens is 1. The highest BCUT2D eigenvalue weighted by atomic mass is 35.5. The van der Waals surface area contributed by atoms with E-state index in [-0.39, 0.29) is 41.3 Å². The van der Waals surface area contributed by atoms with Gasteiger partial charge in [0.1, 0.15) is 11.6 Å². The molecule has 12 heteroatoms. The molecule has 0 unspecified atom stereocenters. The van der Waals surface area contributed by atoms with Gasteiger partial charge in [-0.05, 0) is 57.8 Å². The van der Waals surface area contributed by atoms with Crippen LogP contribution in [-0.4, -0.2) is 84.6 Å². The van der Waals surface area contributed by atoms with Crippen LogP contribution in [0, 0.1) is 11.3 Å². The van der Waals surface area contributed by atoms with Crippen molar-refractivity contribution >= 4 is 39.7 Å². The summed E-state index contributed by atoms with van der Waals surface area (Å²) in [5.41, 5.74) is -0.893. The van der Waals surface area contributed by atoms with Crippen molar-refractivity contribution in [3.05, 3.63) is 29.3 Å². The minimum absolute atomic E-state index is 0.00352. The first-order valence-corrected chi connectivity index (χ1v) is 12.8. The van der Waals surface area contributed by atoms with Crippen molar-refractivity contribution in [3.63, 3.8) is 0 Å². The number of benzene rings is 1. The molecule has 0 bridgehead atoms. The quantitative estimate of drug-likeness (QED) is 0.558. The van der Waals surface area contributed by atoms with Crippen LogP contribution in [0.4, 0.5) is 0 Å². The van der Waals surface area contributed by atoms with Crippen molar-refractivity contribution < 1.29 is 27.9 Å². The second-order valence-corrected chi connectivity index (χ2v) is 11.4. The van der Waals surface area contributed by atoms with Gasteiger partial charge in [-0.25, -0.2) is 8.42 Å². The number of amides is 2. The van der Waals surface area contributed by atoms with E-state index in [1.165, 1.54) is 17.0 Å². The van der Waals surface area contributed by atoms with E-state index in [1.807, 2.05) is 11.9 Å². The fraction of sp³-hybridized carbons (Fsp3) is 0.545. The third-order valence-electron chi connectivity index (χ3n) is 6.56. The first kappa shape index (κ1) is 25.9. The molecule has 0 radical (unpaired) electrons. The number of likely N-dealkylation sites (N-methyl/N-ethyl adjacent to an activating group) is 1. The number of carbonyl (C=O) groups excluding carboxylic acids is 2. The van der Waals surface area contributed by atoms with Gasteiger partial charge in [0.25, 0.3) is 6.47 Å². The highest BCUT2D eigenvalue weighted by Crippen LogP contribution is 2.37. The lowest BCUT2D eigenvalue weighted by Gasteiger charge is -2.29. The number of hydrogen-bond acceptors (Lipinski definition) is 7. The molecule has 0 spiro atoms. The number of sulfone groups is 1. The van der Waals surface area contributed by atoms with Crippen molar-refractivity contribution in [2.24, 2.45) is 0 Å². The molecular weight excluding hydrogens is 484 g/mol. The summed E-state index contributed by atoms with van der Waals surface area (Å²) < 4.78 is 26.6. The van der Waals surface area contributed by atoms with E-state index in [0.717, 1.165) is 13.0 Å². The normalized spacial score (nSPS) is 25.6. The number of hydrogen-bond donors (Lipinski definition) is 2. The molecule has 34 heavy (non-hydrogen) atoms. The predicted molar refractivity (Wildman–Crippen MR) is 123 cm³/mol.